The molecule has 0 heterocycles. The topological polar surface area (TPSA) is 18.5 Å². The van der Waals surface area contributed by atoms with Crippen LogP contribution in [0.3, 0.4) is 0 Å². The van der Waals surface area contributed by atoms with Gasteiger partial charge in [0.15, 0.2) is 6.29 Å². The molecule has 0 aliphatic rings. The van der Waals surface area contributed by atoms with Crippen molar-refractivity contribution < 1.29 is 9.05 Å². The highest BCUT2D eigenvalue weighted by Crippen LogP contribution is 2.26. The lowest BCUT2D eigenvalue weighted by Gasteiger charge is -2.13. The van der Waals surface area contributed by atoms with E-state index >= 15 is 0 Å². The van der Waals surface area contributed by atoms with Gasteiger partial charge in [0.05, 0.1) is 0 Å². The molecule has 0 N–H and O–H groups in total. The van der Waals surface area contributed by atoms with Crippen molar-refractivity contribution in [2.75, 3.05) is 11.5 Å². The van der Waals surface area contributed by atoms with Crippen molar-refractivity contribution >= 4 is 38.7 Å². The van der Waals surface area contributed by atoms with Gasteiger partial charge >= 0.3 is 0 Å². The minimum atomic E-state index is -0.0623. The van der Waals surface area contributed by atoms with Gasteiger partial charge in [-0.25, -0.2) is 0 Å². The van der Waals surface area contributed by atoms with E-state index in [1.807, 2.05) is 11.8 Å². The zero-order valence-corrected chi connectivity index (χ0v) is 11.4. The van der Waals surface area contributed by atoms with Crippen molar-refractivity contribution in [3.8, 4) is 0 Å². The summed E-state index contributed by atoms with van der Waals surface area (Å²) >= 11 is 1.88. The molecule has 0 amide bonds. The summed E-state index contributed by atoms with van der Waals surface area (Å²) in [6.45, 7) is 2.20. The van der Waals surface area contributed by atoms with Crippen LogP contribution in [0.2, 0.25) is 0 Å². The maximum absolute atomic E-state index is 5.30. The van der Waals surface area contributed by atoms with Crippen LogP contribution in [0.4, 0.5) is 0 Å². The molecular weight excluding hydrogens is 229 g/mol. The van der Waals surface area contributed by atoms with Gasteiger partial charge < -0.3 is 9.05 Å². The molecule has 4 atom stereocenters. The Labute approximate surface area is 85.6 Å². The lowest BCUT2D eigenvalue weighted by Crippen LogP contribution is -2.11. The third-order valence-corrected chi connectivity index (χ3v) is 3.44. The summed E-state index contributed by atoms with van der Waals surface area (Å²) in [7, 11) is 5.22. The van der Waals surface area contributed by atoms with Crippen LogP contribution in [0.25, 0.3) is 0 Å². The van der Waals surface area contributed by atoms with Gasteiger partial charge in [-0.1, -0.05) is 22.3 Å². The summed E-state index contributed by atoms with van der Waals surface area (Å²) in [5.41, 5.74) is 0. The van der Waals surface area contributed by atoms with E-state index in [-0.39, 0.29) is 6.29 Å². The Balaban J connectivity index is 3.19. The predicted molar refractivity (Wildman–Crippen MR) is 65.9 cm³/mol. The fraction of sp³-hybridized carbons (Fsp3) is 1.00. The minimum Gasteiger partial charge on any atom is -0.335 e. The van der Waals surface area contributed by atoms with Crippen LogP contribution in [0, 0.1) is 0 Å². The Bertz CT molecular complexity index is 96.9. The molecule has 0 aromatic carbocycles. The van der Waals surface area contributed by atoms with Crippen LogP contribution < -0.4 is 0 Å². The number of hydrogen-bond acceptors (Lipinski definition) is 3. The first-order valence-electron chi connectivity index (χ1n) is 3.89. The number of hydrogen-bond donors (Lipinski definition) is 0. The Morgan fingerprint density at radius 2 is 2.33 bits per heavy atom. The van der Waals surface area contributed by atoms with Crippen LogP contribution >= 0.6 is 38.7 Å². The molecule has 0 aliphatic heterocycles. The smallest absolute Gasteiger partial charge is 0.173 e. The van der Waals surface area contributed by atoms with Crippen LogP contribution in [0.5, 0.6) is 0 Å². The zero-order valence-electron chi connectivity index (χ0n) is 7.29. The molecule has 74 valence electrons. The first-order valence-corrected chi connectivity index (χ1v) is 8.24. The summed E-state index contributed by atoms with van der Waals surface area (Å²) in [6, 6.07) is 0. The van der Waals surface area contributed by atoms with Gasteiger partial charge in [0.1, 0.15) is 0 Å². The number of thioether (sulfide) groups is 1. The molecule has 0 saturated heterocycles. The molecule has 0 saturated carbocycles. The van der Waals surface area contributed by atoms with Crippen LogP contribution in [-0.2, 0) is 9.05 Å². The average molecular weight is 246 g/mol. The minimum absolute atomic E-state index is 0.0623. The molecule has 0 fully saturated rings. The Hall–Kier alpha value is 1.56. The second-order valence-electron chi connectivity index (χ2n) is 2.23. The number of rotatable bonds is 8. The van der Waals surface area contributed by atoms with Crippen molar-refractivity contribution in [1.29, 1.82) is 0 Å². The van der Waals surface area contributed by atoms with Crippen LogP contribution in [0.1, 0.15) is 19.8 Å². The van der Waals surface area contributed by atoms with Gasteiger partial charge in [0, 0.05) is 23.7 Å². The second kappa shape index (κ2) is 10.6. The lowest BCUT2D eigenvalue weighted by atomic mass is 10.4. The molecule has 0 aromatic rings. The molecule has 2 nitrogen and oxygen atoms in total. The molecule has 4 unspecified atom stereocenters. The monoisotopic (exact) mass is 246 g/mol. The first-order chi connectivity index (χ1) is 5.85. The summed E-state index contributed by atoms with van der Waals surface area (Å²) in [5.74, 6) is 2.12. The Morgan fingerprint density at radius 3 is 2.83 bits per heavy atom. The highest BCUT2D eigenvalue weighted by Gasteiger charge is 2.05. The molecule has 0 radical (unpaired) electrons. The lowest BCUT2D eigenvalue weighted by molar-refractivity contribution is 0.0611. The van der Waals surface area contributed by atoms with Gasteiger partial charge in [-0.05, 0) is 12.2 Å². The standard InChI is InChI=1S/C6H17O2P3S/c1-2-3-4-12-5-6(7-9)8-11-10/h6,11H,2-5,9-10H2,1H3. The van der Waals surface area contributed by atoms with E-state index in [0.29, 0.717) is 8.50 Å². The summed E-state index contributed by atoms with van der Waals surface area (Å²) < 4.78 is 10.3. The van der Waals surface area contributed by atoms with Gasteiger partial charge in [0.2, 0.25) is 0 Å². The van der Waals surface area contributed by atoms with E-state index in [9.17, 15) is 0 Å². The largest absolute Gasteiger partial charge is 0.335 e. The summed E-state index contributed by atoms with van der Waals surface area (Å²) in [4.78, 5) is 0. The third kappa shape index (κ3) is 8.17. The summed E-state index contributed by atoms with van der Waals surface area (Å²) in [5, 5.41) is 0. The van der Waals surface area contributed by atoms with E-state index in [1.54, 1.807) is 0 Å². The Kier molecular flexibility index (Phi) is 12.0. The van der Waals surface area contributed by atoms with Gasteiger partial charge in [-0.2, -0.15) is 11.8 Å². The fourth-order valence-electron chi connectivity index (χ4n) is 0.603. The predicted octanol–water partition coefficient (Wildman–Crippen LogP) is 3.05. The highest BCUT2D eigenvalue weighted by molar-refractivity contribution is 8.00. The first kappa shape index (κ1) is 13.6. The van der Waals surface area contributed by atoms with E-state index in [2.05, 4.69) is 25.3 Å². The van der Waals surface area contributed by atoms with Crippen molar-refractivity contribution in [3.63, 3.8) is 0 Å². The van der Waals surface area contributed by atoms with E-state index in [1.165, 1.54) is 18.6 Å². The molecule has 0 bridgehead atoms. The van der Waals surface area contributed by atoms with Crippen molar-refractivity contribution in [2.45, 2.75) is 26.1 Å². The van der Waals surface area contributed by atoms with E-state index < -0.39 is 0 Å². The zero-order chi connectivity index (χ0) is 9.23. The average Bonchev–Trinajstić information content (AvgIpc) is 2.10. The molecular formula is C6H17O2P3S. The molecule has 12 heavy (non-hydrogen) atoms. The normalized spacial score (nSPS) is 14.2. The Morgan fingerprint density at radius 1 is 1.58 bits per heavy atom. The molecule has 0 spiro atoms. The molecule has 6 heteroatoms. The van der Waals surface area contributed by atoms with Crippen LogP contribution in [-0.4, -0.2) is 17.8 Å². The molecule has 0 rings (SSSR count). The van der Waals surface area contributed by atoms with Crippen molar-refractivity contribution in [1.82, 2.24) is 0 Å². The fourth-order valence-corrected chi connectivity index (χ4v) is 2.87. The van der Waals surface area contributed by atoms with Gasteiger partial charge in [0.25, 0.3) is 0 Å². The molecule has 0 aromatic heterocycles. The second-order valence-corrected chi connectivity index (χ2v) is 4.83. The van der Waals surface area contributed by atoms with Gasteiger partial charge in [-0.3, -0.25) is 0 Å². The van der Waals surface area contributed by atoms with Crippen molar-refractivity contribution in [2.24, 2.45) is 0 Å². The van der Waals surface area contributed by atoms with Crippen molar-refractivity contribution in [3.05, 3.63) is 0 Å². The molecule has 0 aliphatic carbocycles. The third-order valence-electron chi connectivity index (χ3n) is 1.25. The highest BCUT2D eigenvalue weighted by atomic mass is 32.2. The maximum atomic E-state index is 5.30. The maximum Gasteiger partial charge on any atom is 0.173 e. The van der Waals surface area contributed by atoms with E-state index in [4.69, 9.17) is 9.05 Å². The van der Waals surface area contributed by atoms with Crippen LogP contribution in [0.15, 0.2) is 0 Å². The quantitative estimate of drug-likeness (QED) is 0.372. The van der Waals surface area contributed by atoms with E-state index in [0.717, 1.165) is 5.75 Å². The SMILES string of the molecule is CCCCSCC(OP)OPP. The number of unbranched alkanes of at least 4 members (excludes halogenated alkanes) is 1. The summed E-state index contributed by atoms with van der Waals surface area (Å²) in [6.07, 6.45) is 2.47. The van der Waals surface area contributed by atoms with Gasteiger partial charge in [-0.15, -0.1) is 0 Å².